The molecule has 162 valence electrons. The number of amides is 1. The monoisotopic (exact) mass is 416 g/mol. The maximum absolute atomic E-state index is 13.2. The Hall–Kier alpha value is -1.94. The van der Waals surface area contributed by atoms with Crippen molar-refractivity contribution in [3.8, 4) is 0 Å². The highest BCUT2D eigenvalue weighted by molar-refractivity contribution is 5.75. The third-order valence-corrected chi connectivity index (χ3v) is 4.96. The van der Waals surface area contributed by atoms with Crippen LogP contribution >= 0.6 is 0 Å². The fourth-order valence-electron chi connectivity index (χ4n) is 3.46. The predicted molar refractivity (Wildman–Crippen MR) is 99.5 cm³/mol. The van der Waals surface area contributed by atoms with Gasteiger partial charge in [-0.1, -0.05) is 13.8 Å². The number of alkyl halides is 3. The normalized spacial score (nSPS) is 20.8. The predicted octanol–water partition coefficient (Wildman–Crippen LogP) is 1.61. The number of carbonyl (C=O) groups excluding carboxylic acids is 1. The van der Waals surface area contributed by atoms with Crippen LogP contribution in [0.4, 0.5) is 13.2 Å². The van der Waals surface area contributed by atoms with E-state index in [0.29, 0.717) is 23.8 Å². The van der Waals surface area contributed by atoms with Crippen LogP contribution in [0.5, 0.6) is 0 Å². The number of morpholine rings is 1. The second kappa shape index (κ2) is 8.83. The summed E-state index contributed by atoms with van der Waals surface area (Å²) in [5.74, 6) is -0.123. The van der Waals surface area contributed by atoms with E-state index in [2.05, 4.69) is 29.2 Å². The smallest absolute Gasteiger partial charge is 0.374 e. The molecule has 10 heteroatoms. The van der Waals surface area contributed by atoms with Gasteiger partial charge in [-0.25, -0.2) is 4.68 Å². The van der Waals surface area contributed by atoms with Gasteiger partial charge in [0.2, 0.25) is 5.91 Å². The Bertz CT molecular complexity index is 790. The molecule has 2 fully saturated rings. The molecule has 3 rings (SSSR count). The molecule has 2 heterocycles. The minimum Gasteiger partial charge on any atom is -0.374 e. The zero-order chi connectivity index (χ0) is 21.2. The highest BCUT2D eigenvalue weighted by Gasteiger charge is 2.37. The summed E-state index contributed by atoms with van der Waals surface area (Å²) in [6, 6.07) is 0.813. The van der Waals surface area contributed by atoms with Gasteiger partial charge in [-0.2, -0.15) is 18.3 Å². The number of nitrogens with one attached hydrogen (secondary N) is 1. The zero-order valence-corrected chi connectivity index (χ0v) is 16.7. The van der Waals surface area contributed by atoms with Crippen LogP contribution in [0.3, 0.4) is 0 Å². The number of nitrogens with zero attached hydrogens (tertiary/aromatic N) is 3. The molecule has 1 saturated carbocycles. The first-order valence-electron chi connectivity index (χ1n) is 9.93. The van der Waals surface area contributed by atoms with Crippen molar-refractivity contribution < 1.29 is 22.7 Å². The molecule has 1 aliphatic heterocycles. The number of aromatic nitrogens is 2. The number of carbonyl (C=O) groups is 1. The molecule has 1 unspecified atom stereocenters. The van der Waals surface area contributed by atoms with Crippen molar-refractivity contribution in [2.45, 2.75) is 51.4 Å². The standard InChI is InChI=1S/C19H27F3N4O3/c1-12(2)9-25-5-6-29-14(10-25)8-23-17(27)11-26-18(28)15(19(20,21)22)7-16(24-26)13-3-4-13/h7,12-14H,3-6,8-11H2,1-2H3,(H,23,27). The lowest BCUT2D eigenvalue weighted by atomic mass is 10.2. The van der Waals surface area contributed by atoms with Crippen LogP contribution in [0.25, 0.3) is 0 Å². The van der Waals surface area contributed by atoms with Crippen LogP contribution in [0.2, 0.25) is 0 Å². The largest absolute Gasteiger partial charge is 0.421 e. The fourth-order valence-corrected chi connectivity index (χ4v) is 3.46. The van der Waals surface area contributed by atoms with Gasteiger partial charge < -0.3 is 10.1 Å². The molecule has 1 amide bonds. The van der Waals surface area contributed by atoms with Crippen LogP contribution in [0, 0.1) is 5.92 Å². The van der Waals surface area contributed by atoms with Crippen molar-refractivity contribution in [1.29, 1.82) is 0 Å². The molecule has 2 aliphatic rings. The van der Waals surface area contributed by atoms with Gasteiger partial charge in [-0.05, 0) is 24.8 Å². The summed E-state index contributed by atoms with van der Waals surface area (Å²) < 4.78 is 45.8. The summed E-state index contributed by atoms with van der Waals surface area (Å²) in [6.45, 7) is 6.93. The van der Waals surface area contributed by atoms with E-state index < -0.39 is 29.8 Å². The highest BCUT2D eigenvalue weighted by atomic mass is 19.4. The molecule has 0 bridgehead atoms. The number of rotatable bonds is 7. The van der Waals surface area contributed by atoms with E-state index in [1.54, 1.807) is 0 Å². The van der Waals surface area contributed by atoms with Gasteiger partial charge in [0.1, 0.15) is 12.1 Å². The molecule has 1 aromatic heterocycles. The van der Waals surface area contributed by atoms with Crippen molar-refractivity contribution in [2.75, 3.05) is 32.8 Å². The van der Waals surface area contributed by atoms with Crippen LogP contribution < -0.4 is 10.9 Å². The third kappa shape index (κ3) is 6.02. The molecule has 7 nitrogen and oxygen atoms in total. The Morgan fingerprint density at radius 1 is 1.38 bits per heavy atom. The minimum atomic E-state index is -4.78. The van der Waals surface area contributed by atoms with Gasteiger partial charge in [0.15, 0.2) is 0 Å². The Labute approximate surface area is 167 Å². The number of halogens is 3. The Morgan fingerprint density at radius 3 is 2.72 bits per heavy atom. The van der Waals surface area contributed by atoms with Crippen molar-refractivity contribution in [3.05, 3.63) is 27.7 Å². The second-order valence-electron chi connectivity index (χ2n) is 8.17. The first-order chi connectivity index (χ1) is 13.6. The lowest BCUT2D eigenvalue weighted by molar-refractivity contribution is -0.139. The Balaban J connectivity index is 1.62. The average Bonchev–Trinajstić information content (AvgIpc) is 3.45. The third-order valence-electron chi connectivity index (χ3n) is 4.96. The molecular weight excluding hydrogens is 389 g/mol. The second-order valence-corrected chi connectivity index (χ2v) is 8.17. The highest BCUT2D eigenvalue weighted by Crippen LogP contribution is 2.40. The topological polar surface area (TPSA) is 76.5 Å². The van der Waals surface area contributed by atoms with E-state index in [1.807, 2.05) is 0 Å². The minimum absolute atomic E-state index is 0.0754. The van der Waals surface area contributed by atoms with Crippen molar-refractivity contribution in [1.82, 2.24) is 20.0 Å². The maximum Gasteiger partial charge on any atom is 0.421 e. The summed E-state index contributed by atoms with van der Waals surface area (Å²) in [6.07, 6.45) is -3.50. The molecular formula is C19H27F3N4O3. The number of hydrogen-bond donors (Lipinski definition) is 1. The average molecular weight is 416 g/mol. The molecule has 1 N–H and O–H groups in total. The Kier molecular flexibility index (Phi) is 6.62. The van der Waals surface area contributed by atoms with E-state index in [4.69, 9.17) is 4.74 Å². The molecule has 0 aromatic carbocycles. The molecule has 1 atom stereocenters. The molecule has 0 spiro atoms. The SMILES string of the molecule is CC(C)CN1CCOC(CNC(=O)Cn2nc(C3CC3)cc(C(F)(F)F)c2=O)C1. The maximum atomic E-state index is 13.2. The fraction of sp³-hybridized carbons (Fsp3) is 0.737. The van der Waals surface area contributed by atoms with Gasteiger partial charge in [0.05, 0.1) is 18.4 Å². The first kappa shape index (κ1) is 21.8. The number of hydrogen-bond acceptors (Lipinski definition) is 5. The van der Waals surface area contributed by atoms with Crippen LogP contribution in [0.1, 0.15) is 43.9 Å². The molecule has 0 radical (unpaired) electrons. The van der Waals surface area contributed by atoms with Crippen LogP contribution in [-0.2, 0) is 22.3 Å². The van der Waals surface area contributed by atoms with E-state index >= 15 is 0 Å². The summed E-state index contributed by atoms with van der Waals surface area (Å²) in [7, 11) is 0. The van der Waals surface area contributed by atoms with E-state index in [-0.39, 0.29) is 24.3 Å². The molecule has 1 aliphatic carbocycles. The first-order valence-corrected chi connectivity index (χ1v) is 9.93. The summed E-state index contributed by atoms with van der Waals surface area (Å²) in [5, 5.41) is 6.64. The lowest BCUT2D eigenvalue weighted by Crippen LogP contribution is -2.49. The van der Waals surface area contributed by atoms with E-state index in [0.717, 1.165) is 32.0 Å². The van der Waals surface area contributed by atoms with Crippen LogP contribution in [0.15, 0.2) is 10.9 Å². The zero-order valence-electron chi connectivity index (χ0n) is 16.7. The molecule has 29 heavy (non-hydrogen) atoms. The van der Waals surface area contributed by atoms with Crippen LogP contribution in [-0.4, -0.2) is 59.5 Å². The van der Waals surface area contributed by atoms with Gasteiger partial charge in [0.25, 0.3) is 5.56 Å². The number of ether oxygens (including phenoxy) is 1. The van der Waals surface area contributed by atoms with Crippen molar-refractivity contribution in [2.24, 2.45) is 5.92 Å². The summed E-state index contributed by atoms with van der Waals surface area (Å²) >= 11 is 0. The summed E-state index contributed by atoms with van der Waals surface area (Å²) in [4.78, 5) is 26.7. The van der Waals surface area contributed by atoms with E-state index in [9.17, 15) is 22.8 Å². The van der Waals surface area contributed by atoms with Gasteiger partial charge in [0, 0.05) is 32.1 Å². The Morgan fingerprint density at radius 2 is 2.10 bits per heavy atom. The summed E-state index contributed by atoms with van der Waals surface area (Å²) in [5.41, 5.74) is -2.36. The van der Waals surface area contributed by atoms with E-state index in [1.165, 1.54) is 0 Å². The molecule has 1 aromatic rings. The quantitative estimate of drug-likeness (QED) is 0.731. The van der Waals surface area contributed by atoms with Crippen molar-refractivity contribution in [3.63, 3.8) is 0 Å². The van der Waals surface area contributed by atoms with Gasteiger partial charge in [-0.3, -0.25) is 14.5 Å². The van der Waals surface area contributed by atoms with Gasteiger partial charge in [-0.15, -0.1) is 0 Å². The van der Waals surface area contributed by atoms with Crippen molar-refractivity contribution >= 4 is 5.91 Å². The lowest BCUT2D eigenvalue weighted by Gasteiger charge is -2.33. The molecule has 1 saturated heterocycles. The van der Waals surface area contributed by atoms with Gasteiger partial charge >= 0.3 is 6.18 Å².